The van der Waals surface area contributed by atoms with Gasteiger partial charge in [0, 0.05) is 23.7 Å². The summed E-state index contributed by atoms with van der Waals surface area (Å²) in [5.74, 6) is 3.40. The highest BCUT2D eigenvalue weighted by molar-refractivity contribution is 5.55. The first-order chi connectivity index (χ1) is 23.5. The molecule has 264 valence electrons. The Kier molecular flexibility index (Phi) is 8.85. The number of carbonyl (C=O) groups is 4. The lowest BCUT2D eigenvalue weighted by Gasteiger charge is -2.37. The van der Waals surface area contributed by atoms with Gasteiger partial charge in [0.1, 0.15) is 25.1 Å². The van der Waals surface area contributed by atoms with Gasteiger partial charge in [0.2, 0.25) is 0 Å². The van der Waals surface area contributed by atoms with Gasteiger partial charge in [-0.25, -0.2) is 0 Å². The van der Waals surface area contributed by atoms with Crippen molar-refractivity contribution in [2.45, 2.75) is 126 Å². The minimum atomic E-state index is 0.0704. The average molecular weight is 665 g/mol. The van der Waals surface area contributed by atoms with Crippen LogP contribution in [0.2, 0.25) is 0 Å². The monoisotopic (exact) mass is 664 g/mol. The molecule has 48 heavy (non-hydrogen) atoms. The van der Waals surface area contributed by atoms with Crippen molar-refractivity contribution in [1.29, 1.82) is 0 Å². The molecule has 0 spiro atoms. The lowest BCUT2D eigenvalue weighted by Crippen LogP contribution is -2.61. The molecule has 8 bridgehead atoms. The zero-order valence-electron chi connectivity index (χ0n) is 28.0. The number of fused-ring (bicyclic) bond motifs is 20. The van der Waals surface area contributed by atoms with E-state index in [1.807, 2.05) is 0 Å². The minimum absolute atomic E-state index is 0.0704. The second-order valence-corrected chi connectivity index (χ2v) is 17.3. The van der Waals surface area contributed by atoms with Crippen molar-refractivity contribution in [1.82, 2.24) is 42.5 Å². The highest BCUT2D eigenvalue weighted by atomic mass is 16.1. The molecule has 8 N–H and O–H groups in total. The summed E-state index contributed by atoms with van der Waals surface area (Å²) in [5, 5.41) is 32.4. The molecule has 0 aromatic heterocycles. The van der Waals surface area contributed by atoms with E-state index in [1.54, 1.807) is 0 Å². The lowest BCUT2D eigenvalue weighted by molar-refractivity contribution is -0.113. The molecule has 9 rings (SSSR count). The topological polar surface area (TPSA) is 165 Å². The van der Waals surface area contributed by atoms with Crippen LogP contribution in [0, 0.1) is 71.0 Å². The molecule has 5 aliphatic heterocycles. The fourth-order valence-corrected chi connectivity index (χ4v) is 12.6. The molecule has 12 atom stereocenters. The summed E-state index contributed by atoms with van der Waals surface area (Å²) in [6.07, 6.45) is 16.8. The van der Waals surface area contributed by atoms with Gasteiger partial charge in [-0.2, -0.15) is 0 Å². The summed E-state index contributed by atoms with van der Waals surface area (Å²) in [4.78, 5) is 48.2. The number of hydrogen-bond acceptors (Lipinski definition) is 12. The fraction of sp³-hybridized carbons (Fsp3) is 0.889. The van der Waals surface area contributed by atoms with Crippen LogP contribution in [0.1, 0.15) is 77.0 Å². The molecule has 9 aliphatic rings. The van der Waals surface area contributed by atoms with Gasteiger partial charge in [-0.3, -0.25) is 42.5 Å². The van der Waals surface area contributed by atoms with Crippen LogP contribution in [0.3, 0.4) is 0 Å². The highest BCUT2D eigenvalue weighted by Gasteiger charge is 2.56. The Morgan fingerprint density at radius 3 is 0.646 bits per heavy atom. The normalized spacial score (nSPS) is 55.8. The Balaban J connectivity index is 1.06. The Hall–Kier alpha value is -1.64. The van der Waals surface area contributed by atoms with Gasteiger partial charge in [0.15, 0.2) is 0 Å². The van der Waals surface area contributed by atoms with E-state index in [2.05, 4.69) is 42.5 Å². The Morgan fingerprint density at radius 2 is 0.458 bits per heavy atom. The van der Waals surface area contributed by atoms with Crippen LogP contribution in [-0.2, 0) is 19.2 Å². The number of aldehydes is 4. The van der Waals surface area contributed by atoms with Gasteiger partial charge >= 0.3 is 0 Å². The third-order valence-corrected chi connectivity index (χ3v) is 15.1. The molecular weight excluding hydrogens is 608 g/mol. The first-order valence-electron chi connectivity index (χ1n) is 19.4. The Morgan fingerprint density at radius 1 is 0.271 bits per heavy atom. The SMILES string of the molecule is O=CC1CCC2C3NC(NC4NC(NC5NC(NC6NC(N3)C3CC(C=O)CCC63)C3CC(C=O)CCC53)C3CC(C=O)CCC43)C2C1. The zero-order chi connectivity index (χ0) is 32.5. The quantitative estimate of drug-likeness (QED) is 0.194. The molecule has 5 heterocycles. The lowest BCUT2D eigenvalue weighted by atomic mass is 9.72. The highest BCUT2D eigenvalue weighted by Crippen LogP contribution is 2.47. The first-order valence-corrected chi connectivity index (χ1v) is 19.4. The molecule has 4 aliphatic carbocycles. The van der Waals surface area contributed by atoms with E-state index in [-0.39, 0.29) is 73.0 Å². The smallest absolute Gasteiger partial charge is 0.123 e. The maximum atomic E-state index is 12.0. The summed E-state index contributed by atoms with van der Waals surface area (Å²) in [5.41, 5.74) is 0. The summed E-state index contributed by atoms with van der Waals surface area (Å²) in [7, 11) is 0. The van der Waals surface area contributed by atoms with Crippen molar-refractivity contribution in [3.63, 3.8) is 0 Å². The third kappa shape index (κ3) is 5.57. The number of rotatable bonds is 4. The van der Waals surface area contributed by atoms with Crippen LogP contribution < -0.4 is 42.5 Å². The van der Waals surface area contributed by atoms with Crippen LogP contribution in [0.15, 0.2) is 0 Å². The Bertz CT molecular complexity index is 1060. The largest absolute Gasteiger partial charge is 0.303 e. The van der Waals surface area contributed by atoms with Crippen LogP contribution >= 0.6 is 0 Å². The van der Waals surface area contributed by atoms with Gasteiger partial charge < -0.3 is 19.2 Å². The number of hydrogen-bond donors (Lipinski definition) is 8. The molecular formula is C36H56N8O4. The van der Waals surface area contributed by atoms with Crippen molar-refractivity contribution >= 4 is 25.1 Å². The molecule has 9 fully saturated rings. The van der Waals surface area contributed by atoms with Crippen molar-refractivity contribution in [2.75, 3.05) is 0 Å². The predicted molar refractivity (Wildman–Crippen MR) is 177 cm³/mol. The number of carbonyl (C=O) groups excluding carboxylic acids is 4. The number of nitrogens with one attached hydrogen (secondary N) is 8. The van der Waals surface area contributed by atoms with Crippen molar-refractivity contribution in [3.05, 3.63) is 0 Å². The molecule has 12 unspecified atom stereocenters. The van der Waals surface area contributed by atoms with Crippen LogP contribution in [-0.4, -0.2) is 74.5 Å². The maximum absolute atomic E-state index is 12.0. The molecule has 0 amide bonds. The molecule has 12 heteroatoms. The van der Waals surface area contributed by atoms with Crippen molar-refractivity contribution < 1.29 is 19.2 Å². The molecule has 4 saturated carbocycles. The molecule has 12 nitrogen and oxygen atoms in total. The van der Waals surface area contributed by atoms with Crippen LogP contribution in [0.5, 0.6) is 0 Å². The third-order valence-electron chi connectivity index (χ3n) is 15.1. The van der Waals surface area contributed by atoms with E-state index in [0.29, 0.717) is 47.3 Å². The van der Waals surface area contributed by atoms with Gasteiger partial charge in [-0.15, -0.1) is 0 Å². The van der Waals surface area contributed by atoms with Crippen molar-refractivity contribution in [2.24, 2.45) is 71.0 Å². The summed E-state index contributed by atoms with van der Waals surface area (Å²) in [6, 6.07) is 0. The summed E-state index contributed by atoms with van der Waals surface area (Å²) in [6.45, 7) is 0. The van der Waals surface area contributed by atoms with Crippen LogP contribution in [0.4, 0.5) is 0 Å². The second kappa shape index (κ2) is 13.2. The first kappa shape index (κ1) is 32.3. The molecule has 0 radical (unpaired) electrons. The molecule has 0 aromatic rings. The minimum Gasteiger partial charge on any atom is -0.303 e. The van der Waals surface area contributed by atoms with Crippen LogP contribution in [0.25, 0.3) is 0 Å². The van der Waals surface area contributed by atoms with E-state index in [4.69, 9.17) is 0 Å². The average Bonchev–Trinajstić information content (AvgIpc) is 3.85. The summed E-state index contributed by atoms with van der Waals surface area (Å²) >= 11 is 0. The standard InChI is InChI=1S/C36H56N8O4/c45-13-17-1-5-21-25(9-17)33-37-29(21)41-34-26-10-18(14-46)2-6-22(26)31(38-34)43-36-28-12-20(16-48)4-8-24(28)32(40-36)44-35-27-11-19(15-47)3-7-23(27)30(39-35)42-33/h13-44H,1-12H2. The second-order valence-electron chi connectivity index (χ2n) is 17.3. The van der Waals surface area contributed by atoms with E-state index in [9.17, 15) is 19.2 Å². The predicted octanol–water partition coefficient (Wildman–Crippen LogP) is 0.306. The Labute approximate surface area is 284 Å². The van der Waals surface area contributed by atoms with Gasteiger partial charge in [-0.05, 0) is 124 Å². The molecule has 0 aromatic carbocycles. The maximum Gasteiger partial charge on any atom is 0.123 e. The van der Waals surface area contributed by atoms with E-state index < -0.39 is 0 Å². The molecule has 5 saturated heterocycles. The van der Waals surface area contributed by atoms with E-state index in [1.165, 1.54) is 25.1 Å². The van der Waals surface area contributed by atoms with E-state index >= 15 is 0 Å². The van der Waals surface area contributed by atoms with Gasteiger partial charge in [0.25, 0.3) is 0 Å². The van der Waals surface area contributed by atoms with Crippen molar-refractivity contribution in [3.8, 4) is 0 Å². The summed E-state index contributed by atoms with van der Waals surface area (Å²) < 4.78 is 0. The fourth-order valence-electron chi connectivity index (χ4n) is 12.6. The van der Waals surface area contributed by atoms with E-state index in [0.717, 1.165) is 77.0 Å². The zero-order valence-corrected chi connectivity index (χ0v) is 28.0. The van der Waals surface area contributed by atoms with Gasteiger partial charge in [0.05, 0.1) is 49.3 Å². The van der Waals surface area contributed by atoms with Gasteiger partial charge in [-0.1, -0.05) is 0 Å².